The highest BCUT2D eigenvalue weighted by Crippen LogP contribution is 2.28. The molecule has 0 aromatic heterocycles. The van der Waals surface area contributed by atoms with Gasteiger partial charge < -0.3 is 15.0 Å². The second kappa shape index (κ2) is 9.87. The third-order valence-electron chi connectivity index (χ3n) is 6.08. The molecule has 2 aliphatic rings. The van der Waals surface area contributed by atoms with Gasteiger partial charge in [0.1, 0.15) is 5.75 Å². The standard InChI is InChI=1S/C28H23N5O4/c1-37-23-12-11-21-17-33(25(34)24(21)15-23)18-28(26(35)30-27(36)31-28)14-13-19-7-9-20(10-8-19)16-29-32-22-5-3-2-4-6-22/h2-12,15-16,32H,17-18H2,1H3,(H2,30,31,35,36)/b29-16-. The van der Waals surface area contributed by atoms with Crippen molar-refractivity contribution in [3.05, 3.63) is 95.1 Å². The van der Waals surface area contributed by atoms with Gasteiger partial charge in [-0.2, -0.15) is 5.10 Å². The lowest BCUT2D eigenvalue weighted by Gasteiger charge is -2.26. The van der Waals surface area contributed by atoms with E-state index < -0.39 is 17.5 Å². The van der Waals surface area contributed by atoms with Gasteiger partial charge in [0.15, 0.2) is 0 Å². The predicted molar refractivity (Wildman–Crippen MR) is 138 cm³/mol. The monoisotopic (exact) mass is 493 g/mol. The fourth-order valence-electron chi connectivity index (χ4n) is 4.14. The molecule has 1 unspecified atom stereocenters. The summed E-state index contributed by atoms with van der Waals surface area (Å²) in [7, 11) is 1.53. The van der Waals surface area contributed by atoms with Gasteiger partial charge >= 0.3 is 6.03 Å². The molecular formula is C28H23N5O4. The summed E-state index contributed by atoms with van der Waals surface area (Å²) in [6.07, 6.45) is 1.68. The number of nitrogens with zero attached hydrogens (tertiary/aromatic N) is 2. The molecule has 0 radical (unpaired) electrons. The molecule has 0 spiro atoms. The number of fused-ring (bicyclic) bond motifs is 1. The average molecular weight is 494 g/mol. The first-order valence-corrected chi connectivity index (χ1v) is 11.5. The van der Waals surface area contributed by atoms with Gasteiger partial charge in [-0.3, -0.25) is 20.3 Å². The summed E-state index contributed by atoms with van der Waals surface area (Å²) < 4.78 is 5.22. The molecule has 0 aliphatic carbocycles. The Hall–Kier alpha value is -5.10. The predicted octanol–water partition coefficient (Wildman–Crippen LogP) is 2.73. The van der Waals surface area contributed by atoms with Gasteiger partial charge in [0, 0.05) is 17.7 Å². The third kappa shape index (κ3) is 4.99. The first-order chi connectivity index (χ1) is 18.0. The van der Waals surface area contributed by atoms with Crippen LogP contribution in [0.15, 0.2) is 77.9 Å². The van der Waals surface area contributed by atoms with Gasteiger partial charge in [-0.25, -0.2) is 4.79 Å². The van der Waals surface area contributed by atoms with Gasteiger partial charge in [-0.1, -0.05) is 48.2 Å². The van der Waals surface area contributed by atoms with E-state index in [0.29, 0.717) is 23.4 Å². The number of hydrogen-bond acceptors (Lipinski definition) is 6. The van der Waals surface area contributed by atoms with Gasteiger partial charge in [-0.05, 0) is 47.5 Å². The van der Waals surface area contributed by atoms with Crippen LogP contribution in [0.5, 0.6) is 5.75 Å². The summed E-state index contributed by atoms with van der Waals surface area (Å²) in [6, 6.07) is 21.5. The number of hydrazone groups is 1. The van der Waals surface area contributed by atoms with Gasteiger partial charge in [-0.15, -0.1) is 0 Å². The van der Waals surface area contributed by atoms with Gasteiger partial charge in [0.25, 0.3) is 11.8 Å². The molecule has 5 rings (SSSR count). The Balaban J connectivity index is 1.32. The Kier molecular flexibility index (Phi) is 6.31. The van der Waals surface area contributed by atoms with Crippen LogP contribution in [0.1, 0.15) is 27.0 Å². The van der Waals surface area contributed by atoms with Crippen molar-refractivity contribution in [3.63, 3.8) is 0 Å². The highest BCUT2D eigenvalue weighted by molar-refractivity contribution is 6.10. The number of imide groups is 1. The Morgan fingerprint density at radius 1 is 1.08 bits per heavy atom. The lowest BCUT2D eigenvalue weighted by atomic mass is 9.99. The number of carbonyl (C=O) groups excluding carboxylic acids is 3. The number of carbonyl (C=O) groups is 3. The molecule has 1 atom stereocenters. The van der Waals surface area contributed by atoms with Crippen LogP contribution in [0.4, 0.5) is 10.5 Å². The van der Waals surface area contributed by atoms with Crippen molar-refractivity contribution in [1.82, 2.24) is 15.5 Å². The SMILES string of the molecule is COc1ccc2c(c1)C(=O)N(CC1(C#Cc3ccc(/C=N\Nc4ccccc4)cc3)NC(=O)NC1=O)C2. The van der Waals surface area contributed by atoms with E-state index in [2.05, 4.69) is 33.0 Å². The zero-order valence-electron chi connectivity index (χ0n) is 19.9. The highest BCUT2D eigenvalue weighted by Gasteiger charge is 2.48. The van der Waals surface area contributed by atoms with E-state index >= 15 is 0 Å². The Morgan fingerprint density at radius 2 is 1.86 bits per heavy atom. The lowest BCUT2D eigenvalue weighted by Crippen LogP contribution is -2.54. The van der Waals surface area contributed by atoms with Crippen LogP contribution < -0.4 is 20.8 Å². The Bertz CT molecular complexity index is 1460. The minimum Gasteiger partial charge on any atom is -0.497 e. The third-order valence-corrected chi connectivity index (χ3v) is 6.08. The molecule has 0 saturated carbocycles. The van der Waals surface area contributed by atoms with E-state index in [9.17, 15) is 14.4 Å². The van der Waals surface area contributed by atoms with Crippen LogP contribution >= 0.6 is 0 Å². The van der Waals surface area contributed by atoms with Crippen LogP contribution in [0.2, 0.25) is 0 Å². The number of nitrogens with one attached hydrogen (secondary N) is 3. The highest BCUT2D eigenvalue weighted by atomic mass is 16.5. The van der Waals surface area contributed by atoms with Crippen LogP contribution in [-0.2, 0) is 11.3 Å². The zero-order valence-corrected chi connectivity index (χ0v) is 19.9. The number of hydrogen-bond donors (Lipinski definition) is 3. The lowest BCUT2D eigenvalue weighted by molar-refractivity contribution is -0.122. The van der Waals surface area contributed by atoms with Crippen molar-refractivity contribution in [2.75, 3.05) is 19.1 Å². The first kappa shape index (κ1) is 23.6. The number of anilines is 1. The minimum atomic E-state index is -1.57. The summed E-state index contributed by atoms with van der Waals surface area (Å²) >= 11 is 0. The van der Waals surface area contributed by atoms with E-state index in [1.807, 2.05) is 48.5 Å². The maximum absolute atomic E-state index is 13.0. The largest absolute Gasteiger partial charge is 0.497 e. The normalized spacial score (nSPS) is 18.2. The molecule has 2 heterocycles. The molecule has 37 heavy (non-hydrogen) atoms. The number of urea groups is 1. The molecule has 9 heteroatoms. The molecule has 3 N–H and O–H groups in total. The molecule has 0 bridgehead atoms. The van der Waals surface area contributed by atoms with E-state index in [4.69, 9.17) is 4.74 Å². The molecule has 1 fully saturated rings. The number of methoxy groups -OCH3 is 1. The van der Waals surface area contributed by atoms with Crippen LogP contribution in [0, 0.1) is 11.8 Å². The number of ether oxygens (including phenoxy) is 1. The average Bonchev–Trinajstić information content (AvgIpc) is 3.37. The molecule has 9 nitrogen and oxygen atoms in total. The number of para-hydroxylation sites is 1. The van der Waals surface area contributed by atoms with Crippen molar-refractivity contribution in [3.8, 4) is 17.6 Å². The molecular weight excluding hydrogens is 470 g/mol. The summed E-state index contributed by atoms with van der Waals surface area (Å²) in [4.78, 5) is 39.4. The van der Waals surface area contributed by atoms with E-state index in [1.165, 1.54) is 12.0 Å². The molecule has 3 aromatic carbocycles. The summed E-state index contributed by atoms with van der Waals surface area (Å²) in [5, 5.41) is 9.08. The Morgan fingerprint density at radius 3 is 2.57 bits per heavy atom. The van der Waals surface area contributed by atoms with E-state index in [-0.39, 0.29) is 12.5 Å². The Labute approximate surface area is 213 Å². The summed E-state index contributed by atoms with van der Waals surface area (Å²) in [5.41, 5.74) is 5.08. The van der Waals surface area contributed by atoms with Crippen LogP contribution in [0.25, 0.3) is 0 Å². The number of rotatable bonds is 6. The van der Waals surface area contributed by atoms with Crippen molar-refractivity contribution < 1.29 is 19.1 Å². The summed E-state index contributed by atoms with van der Waals surface area (Å²) in [5.74, 6) is 5.61. The van der Waals surface area contributed by atoms with E-state index in [1.54, 1.807) is 30.5 Å². The molecule has 1 saturated heterocycles. The van der Waals surface area contributed by atoms with Crippen molar-refractivity contribution in [2.24, 2.45) is 5.10 Å². The van der Waals surface area contributed by atoms with Crippen LogP contribution in [0.3, 0.4) is 0 Å². The van der Waals surface area contributed by atoms with Crippen molar-refractivity contribution in [2.45, 2.75) is 12.1 Å². The topological polar surface area (TPSA) is 112 Å². The second-order valence-electron chi connectivity index (χ2n) is 8.61. The quantitative estimate of drug-likeness (QED) is 0.212. The summed E-state index contributed by atoms with van der Waals surface area (Å²) in [6.45, 7) is 0.207. The van der Waals surface area contributed by atoms with Crippen LogP contribution in [-0.4, -0.2) is 48.2 Å². The molecule has 184 valence electrons. The fraction of sp³-hybridized carbons (Fsp3) is 0.143. The molecule has 2 aliphatic heterocycles. The number of benzene rings is 3. The van der Waals surface area contributed by atoms with Crippen molar-refractivity contribution in [1.29, 1.82) is 0 Å². The van der Waals surface area contributed by atoms with Gasteiger partial charge in [0.05, 0.1) is 25.6 Å². The van der Waals surface area contributed by atoms with E-state index in [0.717, 1.165) is 16.8 Å². The van der Waals surface area contributed by atoms with Gasteiger partial charge in [0.2, 0.25) is 5.54 Å². The molecule has 4 amide bonds. The second-order valence-corrected chi connectivity index (χ2v) is 8.61. The number of amides is 4. The smallest absolute Gasteiger partial charge is 0.323 e. The fourth-order valence-corrected chi connectivity index (χ4v) is 4.14. The maximum Gasteiger partial charge on any atom is 0.323 e. The maximum atomic E-state index is 13.0. The zero-order chi connectivity index (χ0) is 25.8. The minimum absolute atomic E-state index is 0.0939. The van der Waals surface area contributed by atoms with Crippen molar-refractivity contribution >= 4 is 29.7 Å². The first-order valence-electron chi connectivity index (χ1n) is 11.5. The molecule has 3 aromatic rings.